The fourth-order valence-electron chi connectivity index (χ4n) is 2.02. The minimum absolute atomic E-state index is 0.193. The zero-order valence-electron chi connectivity index (χ0n) is 10.5. The third-order valence-corrected chi connectivity index (χ3v) is 4.00. The zero-order valence-corrected chi connectivity index (χ0v) is 12.1. The van der Waals surface area contributed by atoms with Crippen LogP contribution in [0.15, 0.2) is 18.2 Å². The van der Waals surface area contributed by atoms with Crippen LogP contribution in [-0.2, 0) is 9.59 Å². The van der Waals surface area contributed by atoms with E-state index < -0.39 is 0 Å². The Balaban J connectivity index is 2.53. The van der Waals surface area contributed by atoms with Crippen LogP contribution in [0.25, 0.3) is 0 Å². The lowest BCUT2D eigenvalue weighted by Crippen LogP contribution is -2.31. The topological polar surface area (TPSA) is 63.4 Å². The number of hydrogen-bond donors (Lipinski definition) is 1. The van der Waals surface area contributed by atoms with Crippen molar-refractivity contribution in [3.8, 4) is 0 Å². The summed E-state index contributed by atoms with van der Waals surface area (Å²) < 4.78 is 0. The van der Waals surface area contributed by atoms with Crippen LogP contribution in [0.2, 0.25) is 5.02 Å². The third kappa shape index (κ3) is 2.24. The number of imide groups is 1. The first-order valence-corrected chi connectivity index (χ1v) is 6.60. The highest BCUT2D eigenvalue weighted by Crippen LogP contribution is 2.35. The molecule has 2 rings (SSSR count). The number of hydrogen-bond acceptors (Lipinski definition) is 3. The molecular formula is C13H13ClN2O2S. The Hall–Kier alpha value is -1.46. The maximum absolute atomic E-state index is 12.1. The summed E-state index contributed by atoms with van der Waals surface area (Å²) in [7, 11) is 0. The van der Waals surface area contributed by atoms with Crippen LogP contribution >= 0.6 is 23.8 Å². The van der Waals surface area contributed by atoms with Crippen LogP contribution in [0.1, 0.15) is 19.4 Å². The molecule has 1 fully saturated rings. The molecule has 0 spiro atoms. The molecule has 1 aromatic rings. The summed E-state index contributed by atoms with van der Waals surface area (Å²) in [6, 6.07) is 4.82. The molecule has 19 heavy (non-hydrogen) atoms. The van der Waals surface area contributed by atoms with Gasteiger partial charge in [-0.3, -0.25) is 9.59 Å². The molecule has 100 valence electrons. The summed E-state index contributed by atoms with van der Waals surface area (Å²) in [5.41, 5.74) is 6.47. The van der Waals surface area contributed by atoms with E-state index in [1.165, 1.54) is 0 Å². The second-order valence-corrected chi connectivity index (χ2v) is 5.47. The molecule has 0 aliphatic carbocycles. The van der Waals surface area contributed by atoms with Crippen LogP contribution in [0.4, 0.5) is 5.69 Å². The number of amides is 2. The molecule has 0 bridgehead atoms. The van der Waals surface area contributed by atoms with Crippen molar-refractivity contribution in [2.45, 2.75) is 13.8 Å². The Morgan fingerprint density at radius 3 is 2.26 bits per heavy atom. The van der Waals surface area contributed by atoms with Gasteiger partial charge in [0.25, 0.3) is 0 Å². The van der Waals surface area contributed by atoms with Gasteiger partial charge in [0.2, 0.25) is 11.8 Å². The normalized spacial score (nSPS) is 23.0. The van der Waals surface area contributed by atoms with Crippen LogP contribution in [0.5, 0.6) is 0 Å². The molecule has 6 heteroatoms. The quantitative estimate of drug-likeness (QED) is 0.671. The van der Waals surface area contributed by atoms with Crippen molar-refractivity contribution >= 4 is 46.3 Å². The standard InChI is InChI=1S/C13H13ClN2O2S/c1-6-7(2)13(18)16(12(6)17)10-5-8(11(15)19)3-4-9(10)14/h3-7H,1-2H3,(H2,15,19). The Bertz CT molecular complexity index is 568. The minimum Gasteiger partial charge on any atom is -0.389 e. The Labute approximate surface area is 121 Å². The fraction of sp³-hybridized carbons (Fsp3) is 0.308. The van der Waals surface area contributed by atoms with Crippen molar-refractivity contribution in [3.05, 3.63) is 28.8 Å². The SMILES string of the molecule is CC1C(=O)N(c2cc(C(N)=S)ccc2Cl)C(=O)C1C. The van der Waals surface area contributed by atoms with Gasteiger partial charge >= 0.3 is 0 Å². The highest BCUT2D eigenvalue weighted by Gasteiger charge is 2.43. The van der Waals surface area contributed by atoms with Crippen molar-refractivity contribution < 1.29 is 9.59 Å². The Morgan fingerprint density at radius 1 is 1.26 bits per heavy atom. The van der Waals surface area contributed by atoms with E-state index in [0.717, 1.165) is 4.90 Å². The van der Waals surface area contributed by atoms with E-state index >= 15 is 0 Å². The van der Waals surface area contributed by atoms with E-state index in [4.69, 9.17) is 29.6 Å². The number of thiocarbonyl (C=S) groups is 1. The smallest absolute Gasteiger partial charge is 0.237 e. The molecule has 0 saturated carbocycles. The number of benzene rings is 1. The number of anilines is 1. The number of carbonyl (C=O) groups excluding carboxylic acids is 2. The Kier molecular flexibility index (Phi) is 3.60. The molecule has 2 unspecified atom stereocenters. The van der Waals surface area contributed by atoms with Gasteiger partial charge in [-0.1, -0.05) is 43.7 Å². The lowest BCUT2D eigenvalue weighted by molar-refractivity contribution is -0.122. The minimum atomic E-state index is -0.350. The first-order valence-electron chi connectivity index (χ1n) is 5.81. The number of carbonyl (C=O) groups is 2. The molecule has 1 heterocycles. The predicted molar refractivity (Wildman–Crippen MR) is 78.2 cm³/mol. The van der Waals surface area contributed by atoms with E-state index in [2.05, 4.69) is 0 Å². The molecule has 1 aromatic carbocycles. The lowest BCUT2D eigenvalue weighted by Gasteiger charge is -2.17. The van der Waals surface area contributed by atoms with E-state index in [1.807, 2.05) is 0 Å². The van der Waals surface area contributed by atoms with Crippen molar-refractivity contribution in [2.24, 2.45) is 17.6 Å². The van der Waals surface area contributed by atoms with Gasteiger partial charge < -0.3 is 5.73 Å². The average molecular weight is 297 g/mol. The summed E-state index contributed by atoms with van der Waals surface area (Å²) in [5.74, 6) is -1.20. The van der Waals surface area contributed by atoms with Gasteiger partial charge in [-0.15, -0.1) is 0 Å². The average Bonchev–Trinajstić information content (AvgIpc) is 2.55. The molecule has 0 radical (unpaired) electrons. The summed E-state index contributed by atoms with van der Waals surface area (Å²) in [5, 5.41) is 0.322. The predicted octanol–water partition coefficient (Wildman–Crippen LogP) is 2.12. The second-order valence-electron chi connectivity index (χ2n) is 4.62. The van der Waals surface area contributed by atoms with Gasteiger partial charge in [0.05, 0.1) is 10.7 Å². The maximum Gasteiger partial charge on any atom is 0.237 e. The van der Waals surface area contributed by atoms with Crippen molar-refractivity contribution in [3.63, 3.8) is 0 Å². The van der Waals surface area contributed by atoms with Gasteiger partial charge in [0.15, 0.2) is 0 Å². The largest absolute Gasteiger partial charge is 0.389 e. The second kappa shape index (κ2) is 4.90. The van der Waals surface area contributed by atoms with Crippen LogP contribution in [0, 0.1) is 11.8 Å². The molecule has 0 aromatic heterocycles. The van der Waals surface area contributed by atoms with Crippen LogP contribution in [-0.4, -0.2) is 16.8 Å². The molecule has 1 saturated heterocycles. The number of rotatable bonds is 2. The number of nitrogens with two attached hydrogens (primary N) is 1. The van der Waals surface area contributed by atoms with E-state index in [9.17, 15) is 9.59 Å². The molecule has 2 atom stereocenters. The van der Waals surface area contributed by atoms with Crippen molar-refractivity contribution in [2.75, 3.05) is 4.90 Å². The number of halogens is 1. The Morgan fingerprint density at radius 2 is 1.79 bits per heavy atom. The van der Waals surface area contributed by atoms with Crippen LogP contribution in [0.3, 0.4) is 0 Å². The first-order chi connectivity index (χ1) is 8.84. The van der Waals surface area contributed by atoms with Gasteiger partial charge in [0, 0.05) is 17.4 Å². The van der Waals surface area contributed by atoms with Gasteiger partial charge in [-0.2, -0.15) is 0 Å². The summed E-state index contributed by atoms with van der Waals surface area (Å²) in [6.07, 6.45) is 0. The van der Waals surface area contributed by atoms with Gasteiger partial charge in [0.1, 0.15) is 4.99 Å². The van der Waals surface area contributed by atoms with Gasteiger partial charge in [-0.25, -0.2) is 4.90 Å². The van der Waals surface area contributed by atoms with Crippen LogP contribution < -0.4 is 10.6 Å². The molecule has 4 nitrogen and oxygen atoms in total. The highest BCUT2D eigenvalue weighted by molar-refractivity contribution is 7.80. The highest BCUT2D eigenvalue weighted by atomic mass is 35.5. The third-order valence-electron chi connectivity index (χ3n) is 3.44. The maximum atomic E-state index is 12.1. The summed E-state index contributed by atoms with van der Waals surface area (Å²) >= 11 is 11.0. The van der Waals surface area contributed by atoms with Gasteiger partial charge in [-0.05, 0) is 12.1 Å². The van der Waals surface area contributed by atoms with E-state index in [1.54, 1.807) is 32.0 Å². The first kappa shape index (κ1) is 14.0. The molecule has 1 aliphatic heterocycles. The summed E-state index contributed by atoms with van der Waals surface area (Å²) in [6.45, 7) is 3.46. The molecule has 1 aliphatic rings. The van der Waals surface area contributed by atoms with Crippen molar-refractivity contribution in [1.82, 2.24) is 0 Å². The van der Waals surface area contributed by atoms with E-state index in [-0.39, 0.29) is 28.6 Å². The van der Waals surface area contributed by atoms with E-state index in [0.29, 0.717) is 16.3 Å². The zero-order chi connectivity index (χ0) is 14.3. The molecule has 2 N–H and O–H groups in total. The molecular weight excluding hydrogens is 284 g/mol. The monoisotopic (exact) mass is 296 g/mol. The number of nitrogens with zero attached hydrogens (tertiary/aromatic N) is 1. The molecule has 2 amide bonds. The lowest BCUT2D eigenvalue weighted by atomic mass is 10.00. The van der Waals surface area contributed by atoms with Crippen molar-refractivity contribution in [1.29, 1.82) is 0 Å². The fourth-order valence-corrected chi connectivity index (χ4v) is 2.35. The summed E-state index contributed by atoms with van der Waals surface area (Å²) in [4.78, 5) is 25.6.